The van der Waals surface area contributed by atoms with Crippen molar-refractivity contribution in [3.63, 3.8) is 0 Å². The Balaban J connectivity index is 2.73. The molecule has 0 aliphatic carbocycles. The van der Waals surface area contributed by atoms with Crippen LogP contribution in [-0.4, -0.2) is 24.5 Å². The van der Waals surface area contributed by atoms with Crippen molar-refractivity contribution in [1.29, 1.82) is 0 Å². The molecule has 1 rings (SSSR count). The van der Waals surface area contributed by atoms with E-state index in [0.717, 1.165) is 12.0 Å². The van der Waals surface area contributed by atoms with E-state index in [4.69, 9.17) is 0 Å². The fourth-order valence-corrected chi connectivity index (χ4v) is 1.69. The fourth-order valence-electron chi connectivity index (χ4n) is 1.69. The molecule has 3 amide bonds. The molecule has 0 saturated heterocycles. The first kappa shape index (κ1) is 16.8. The summed E-state index contributed by atoms with van der Waals surface area (Å²) in [5.41, 5.74) is 2.10. The lowest BCUT2D eigenvalue weighted by atomic mass is 10.1. The zero-order valence-corrected chi connectivity index (χ0v) is 12.8. The van der Waals surface area contributed by atoms with Crippen molar-refractivity contribution in [1.82, 2.24) is 10.6 Å². The van der Waals surface area contributed by atoms with Crippen LogP contribution in [0.2, 0.25) is 0 Å². The van der Waals surface area contributed by atoms with E-state index in [-0.39, 0.29) is 18.0 Å². The highest BCUT2D eigenvalue weighted by Crippen LogP contribution is 2.16. The number of urea groups is 1. The van der Waals surface area contributed by atoms with Crippen LogP contribution in [0.25, 0.3) is 0 Å². The number of carbonyl (C=O) groups excluding carboxylic acids is 2. The molecule has 0 aliphatic heterocycles. The molecule has 0 spiro atoms. The molecular formula is C16H23N3O2. The Bertz CT molecular complexity index is 526. The largest absolute Gasteiger partial charge is 0.350 e. The highest BCUT2D eigenvalue weighted by atomic mass is 16.2. The molecule has 3 N–H and O–H groups in total. The number of rotatable bonds is 6. The second-order valence-corrected chi connectivity index (χ2v) is 4.94. The van der Waals surface area contributed by atoms with E-state index in [2.05, 4.69) is 22.5 Å². The standard InChI is InChI=1S/C16H23N3O2/c1-5-9-17-16(21)19-14-8-7-13(10-11(14)3)15(20)18-12(4)6-2/h5,7-8,10,12H,1,6,9H2,2-4H3,(H,18,20)(H2,17,19,21)/t12-/m1/s1. The normalized spacial score (nSPS) is 11.4. The quantitative estimate of drug-likeness (QED) is 0.705. The van der Waals surface area contributed by atoms with Gasteiger partial charge in [0.25, 0.3) is 5.91 Å². The third-order valence-corrected chi connectivity index (χ3v) is 3.13. The van der Waals surface area contributed by atoms with E-state index in [9.17, 15) is 9.59 Å². The Morgan fingerprint density at radius 1 is 1.38 bits per heavy atom. The van der Waals surface area contributed by atoms with Crippen LogP contribution in [-0.2, 0) is 0 Å². The third kappa shape index (κ3) is 5.30. The van der Waals surface area contributed by atoms with Crippen LogP contribution < -0.4 is 16.0 Å². The van der Waals surface area contributed by atoms with E-state index in [1.807, 2.05) is 20.8 Å². The highest BCUT2D eigenvalue weighted by molar-refractivity contribution is 5.96. The lowest BCUT2D eigenvalue weighted by Crippen LogP contribution is -2.32. The SMILES string of the molecule is C=CCNC(=O)Nc1ccc(C(=O)N[C@H](C)CC)cc1C. The summed E-state index contributed by atoms with van der Waals surface area (Å²) >= 11 is 0. The van der Waals surface area contributed by atoms with Gasteiger partial charge in [-0.1, -0.05) is 13.0 Å². The summed E-state index contributed by atoms with van der Waals surface area (Å²) in [5, 5.41) is 8.28. The van der Waals surface area contributed by atoms with Crippen molar-refractivity contribution in [2.75, 3.05) is 11.9 Å². The van der Waals surface area contributed by atoms with Gasteiger partial charge in [-0.25, -0.2) is 4.79 Å². The molecule has 0 aliphatic rings. The lowest BCUT2D eigenvalue weighted by molar-refractivity contribution is 0.0939. The maximum absolute atomic E-state index is 12.0. The van der Waals surface area contributed by atoms with Gasteiger partial charge in [-0.15, -0.1) is 6.58 Å². The molecule has 1 atom stereocenters. The van der Waals surface area contributed by atoms with Crippen molar-refractivity contribution in [3.05, 3.63) is 42.0 Å². The molecule has 0 bridgehead atoms. The highest BCUT2D eigenvalue weighted by Gasteiger charge is 2.11. The third-order valence-electron chi connectivity index (χ3n) is 3.13. The minimum Gasteiger partial charge on any atom is -0.350 e. The topological polar surface area (TPSA) is 70.2 Å². The molecule has 114 valence electrons. The maximum Gasteiger partial charge on any atom is 0.319 e. The number of anilines is 1. The van der Waals surface area contributed by atoms with Crippen molar-refractivity contribution >= 4 is 17.6 Å². The van der Waals surface area contributed by atoms with E-state index in [1.54, 1.807) is 24.3 Å². The van der Waals surface area contributed by atoms with Crippen LogP contribution >= 0.6 is 0 Å². The molecule has 0 fully saturated rings. The molecule has 21 heavy (non-hydrogen) atoms. The molecular weight excluding hydrogens is 266 g/mol. The summed E-state index contributed by atoms with van der Waals surface area (Å²) in [6.07, 6.45) is 2.49. The van der Waals surface area contributed by atoms with Crippen molar-refractivity contribution in [2.24, 2.45) is 0 Å². The number of hydrogen-bond donors (Lipinski definition) is 3. The first-order chi connectivity index (χ1) is 9.97. The number of amides is 3. The number of hydrogen-bond acceptors (Lipinski definition) is 2. The molecule has 0 saturated carbocycles. The van der Waals surface area contributed by atoms with E-state index >= 15 is 0 Å². The summed E-state index contributed by atoms with van der Waals surface area (Å²) in [7, 11) is 0. The summed E-state index contributed by atoms with van der Waals surface area (Å²) < 4.78 is 0. The molecule has 1 aromatic rings. The minimum absolute atomic E-state index is 0.102. The first-order valence-electron chi connectivity index (χ1n) is 7.05. The van der Waals surface area contributed by atoms with Crippen LogP contribution in [0.4, 0.5) is 10.5 Å². The van der Waals surface area contributed by atoms with Gasteiger partial charge in [0.05, 0.1) is 0 Å². The van der Waals surface area contributed by atoms with E-state index in [1.165, 1.54) is 0 Å². The van der Waals surface area contributed by atoms with Gasteiger partial charge in [-0.05, 0) is 44.0 Å². The minimum atomic E-state index is -0.296. The van der Waals surface area contributed by atoms with Crippen molar-refractivity contribution in [3.8, 4) is 0 Å². The summed E-state index contributed by atoms with van der Waals surface area (Å²) in [6.45, 7) is 9.77. The molecule has 1 aromatic carbocycles. The Labute approximate surface area is 125 Å². The van der Waals surface area contributed by atoms with Crippen LogP contribution in [0, 0.1) is 6.92 Å². The zero-order valence-electron chi connectivity index (χ0n) is 12.8. The van der Waals surface area contributed by atoms with Gasteiger partial charge < -0.3 is 16.0 Å². The average Bonchev–Trinajstić information content (AvgIpc) is 2.46. The zero-order chi connectivity index (χ0) is 15.8. The van der Waals surface area contributed by atoms with Gasteiger partial charge in [-0.2, -0.15) is 0 Å². The Hall–Kier alpha value is -2.30. The van der Waals surface area contributed by atoms with Gasteiger partial charge in [0.2, 0.25) is 0 Å². The molecule has 0 heterocycles. The predicted molar refractivity (Wildman–Crippen MR) is 85.6 cm³/mol. The summed E-state index contributed by atoms with van der Waals surface area (Å²) in [6, 6.07) is 5.04. The fraction of sp³-hybridized carbons (Fsp3) is 0.375. The van der Waals surface area contributed by atoms with E-state index < -0.39 is 0 Å². The second kappa shape index (κ2) is 8.09. The monoisotopic (exact) mass is 289 g/mol. The number of aryl methyl sites for hydroxylation is 1. The average molecular weight is 289 g/mol. The summed E-state index contributed by atoms with van der Waals surface area (Å²) in [5.74, 6) is -0.102. The van der Waals surface area contributed by atoms with Gasteiger partial charge in [0, 0.05) is 23.8 Å². The van der Waals surface area contributed by atoms with Crippen LogP contribution in [0.1, 0.15) is 36.2 Å². The van der Waals surface area contributed by atoms with E-state index in [0.29, 0.717) is 17.8 Å². The Kier molecular flexibility index (Phi) is 6.46. The van der Waals surface area contributed by atoms with Gasteiger partial charge >= 0.3 is 6.03 Å². The molecule has 5 heteroatoms. The molecule has 0 radical (unpaired) electrons. The smallest absolute Gasteiger partial charge is 0.319 e. The number of benzene rings is 1. The van der Waals surface area contributed by atoms with Gasteiger partial charge in [0.1, 0.15) is 0 Å². The number of carbonyl (C=O) groups is 2. The van der Waals surface area contributed by atoms with Crippen molar-refractivity contribution < 1.29 is 9.59 Å². The molecule has 0 unspecified atom stereocenters. The Morgan fingerprint density at radius 2 is 2.10 bits per heavy atom. The lowest BCUT2D eigenvalue weighted by Gasteiger charge is -2.13. The van der Waals surface area contributed by atoms with Crippen molar-refractivity contribution in [2.45, 2.75) is 33.2 Å². The van der Waals surface area contributed by atoms with Crippen LogP contribution in [0.5, 0.6) is 0 Å². The molecule has 0 aromatic heterocycles. The maximum atomic E-state index is 12.0. The first-order valence-corrected chi connectivity index (χ1v) is 7.05. The second-order valence-electron chi connectivity index (χ2n) is 4.94. The molecule has 5 nitrogen and oxygen atoms in total. The predicted octanol–water partition coefficient (Wildman–Crippen LogP) is 2.83. The van der Waals surface area contributed by atoms with Gasteiger partial charge in [-0.3, -0.25) is 4.79 Å². The van der Waals surface area contributed by atoms with Crippen LogP contribution in [0.15, 0.2) is 30.9 Å². The summed E-state index contributed by atoms with van der Waals surface area (Å²) in [4.78, 5) is 23.6. The number of nitrogens with one attached hydrogen (secondary N) is 3. The Morgan fingerprint density at radius 3 is 2.67 bits per heavy atom. The van der Waals surface area contributed by atoms with Crippen LogP contribution in [0.3, 0.4) is 0 Å². The van der Waals surface area contributed by atoms with Gasteiger partial charge in [0.15, 0.2) is 0 Å².